The number of carbonyl (C=O) groups excluding carboxylic acids is 2. The smallest absolute Gasteiger partial charge is 0.407 e. The van der Waals surface area contributed by atoms with Crippen LogP contribution >= 0.6 is 0 Å². The average Bonchev–Trinajstić information content (AvgIpc) is 2.72. The second kappa shape index (κ2) is 12.1. The van der Waals surface area contributed by atoms with E-state index in [0.29, 0.717) is 18.8 Å². The van der Waals surface area contributed by atoms with E-state index >= 15 is 0 Å². The molecule has 2 aromatic carbocycles. The summed E-state index contributed by atoms with van der Waals surface area (Å²) in [6.07, 6.45) is -1.71. The minimum absolute atomic E-state index is 0.222. The van der Waals surface area contributed by atoms with Crippen LogP contribution in [0, 0.1) is 0 Å². The van der Waals surface area contributed by atoms with Crippen molar-refractivity contribution in [2.75, 3.05) is 6.61 Å². The van der Waals surface area contributed by atoms with Crippen molar-refractivity contribution in [2.24, 2.45) is 0 Å². The van der Waals surface area contributed by atoms with Crippen molar-refractivity contribution >= 4 is 12.1 Å². The van der Waals surface area contributed by atoms with E-state index < -0.39 is 29.8 Å². The van der Waals surface area contributed by atoms with E-state index in [4.69, 9.17) is 14.2 Å². The summed E-state index contributed by atoms with van der Waals surface area (Å²) in [5, 5.41) is 13.3. The lowest BCUT2D eigenvalue weighted by atomic mass is 9.99. The van der Waals surface area contributed by atoms with Crippen LogP contribution in [0.3, 0.4) is 0 Å². The maximum Gasteiger partial charge on any atom is 0.407 e. The SMILES string of the molecule is CCOC(=O)C[C@@H](O)[C@H](Cc1ccc(OCc2ccccc2)cc1)NC(=O)OC(C)(C)C. The molecule has 0 unspecified atom stereocenters. The minimum atomic E-state index is -1.13. The average molecular weight is 444 g/mol. The van der Waals surface area contributed by atoms with Gasteiger partial charge in [-0.05, 0) is 57.4 Å². The number of esters is 1. The van der Waals surface area contributed by atoms with Gasteiger partial charge in [-0.15, -0.1) is 0 Å². The fourth-order valence-electron chi connectivity index (χ4n) is 2.99. The molecule has 0 spiro atoms. The Hall–Kier alpha value is -3.06. The fourth-order valence-corrected chi connectivity index (χ4v) is 2.99. The van der Waals surface area contributed by atoms with E-state index in [0.717, 1.165) is 11.1 Å². The third-order valence-electron chi connectivity index (χ3n) is 4.48. The number of rotatable bonds is 10. The standard InChI is InChI=1S/C25H33NO6/c1-5-30-23(28)16-22(27)21(26-24(29)32-25(2,3)4)15-18-11-13-20(14-12-18)31-17-19-9-7-6-8-10-19/h6-14,21-22,27H,5,15-17H2,1-4H3,(H,26,29)/t21-,22+/m0/s1. The molecule has 0 aliphatic rings. The van der Waals surface area contributed by atoms with Crippen LogP contribution in [0.1, 0.15) is 45.2 Å². The van der Waals surface area contributed by atoms with Crippen molar-refractivity contribution < 1.29 is 28.9 Å². The van der Waals surface area contributed by atoms with Crippen LogP contribution in [-0.2, 0) is 27.3 Å². The number of aliphatic hydroxyl groups excluding tert-OH is 1. The van der Waals surface area contributed by atoms with E-state index in [-0.39, 0.29) is 13.0 Å². The van der Waals surface area contributed by atoms with Gasteiger partial charge in [0.05, 0.1) is 25.2 Å². The van der Waals surface area contributed by atoms with Crippen molar-refractivity contribution in [3.05, 3.63) is 65.7 Å². The normalized spacial score (nSPS) is 13.0. The molecular weight excluding hydrogens is 410 g/mol. The Bertz CT molecular complexity index is 845. The van der Waals surface area contributed by atoms with Crippen LogP contribution in [0.5, 0.6) is 5.75 Å². The monoisotopic (exact) mass is 443 g/mol. The number of ether oxygens (including phenoxy) is 3. The quantitative estimate of drug-likeness (QED) is 0.539. The van der Waals surface area contributed by atoms with Gasteiger partial charge in [-0.2, -0.15) is 0 Å². The molecule has 0 aromatic heterocycles. The lowest BCUT2D eigenvalue weighted by molar-refractivity contribution is -0.145. The van der Waals surface area contributed by atoms with Crippen LogP contribution in [0.25, 0.3) is 0 Å². The van der Waals surface area contributed by atoms with Crippen molar-refractivity contribution in [3.8, 4) is 5.75 Å². The molecule has 2 aromatic rings. The lowest BCUT2D eigenvalue weighted by Crippen LogP contribution is -2.47. The van der Waals surface area contributed by atoms with E-state index in [2.05, 4.69) is 5.32 Å². The maximum atomic E-state index is 12.3. The molecule has 2 rings (SSSR count). The Morgan fingerprint density at radius 1 is 1.00 bits per heavy atom. The number of amides is 1. The van der Waals surface area contributed by atoms with Gasteiger partial charge in [0.15, 0.2) is 0 Å². The van der Waals surface area contributed by atoms with Crippen molar-refractivity contribution in [3.63, 3.8) is 0 Å². The van der Waals surface area contributed by atoms with Crippen LogP contribution in [-0.4, -0.2) is 41.5 Å². The number of aliphatic hydroxyl groups is 1. The van der Waals surface area contributed by atoms with Gasteiger partial charge in [-0.3, -0.25) is 4.79 Å². The summed E-state index contributed by atoms with van der Waals surface area (Å²) in [4.78, 5) is 24.1. The van der Waals surface area contributed by atoms with Gasteiger partial charge < -0.3 is 24.6 Å². The highest BCUT2D eigenvalue weighted by atomic mass is 16.6. The molecule has 7 heteroatoms. The van der Waals surface area contributed by atoms with Crippen molar-refractivity contribution in [1.29, 1.82) is 0 Å². The molecule has 0 aliphatic carbocycles. The molecule has 0 saturated heterocycles. The lowest BCUT2D eigenvalue weighted by Gasteiger charge is -2.26. The predicted molar refractivity (Wildman–Crippen MR) is 121 cm³/mol. The molecule has 174 valence electrons. The zero-order valence-electron chi connectivity index (χ0n) is 19.2. The van der Waals surface area contributed by atoms with Gasteiger partial charge in [0.1, 0.15) is 18.0 Å². The first-order valence-electron chi connectivity index (χ1n) is 10.7. The fraction of sp³-hybridized carbons (Fsp3) is 0.440. The molecule has 32 heavy (non-hydrogen) atoms. The zero-order valence-corrected chi connectivity index (χ0v) is 19.2. The minimum Gasteiger partial charge on any atom is -0.489 e. The molecule has 0 saturated carbocycles. The molecule has 0 radical (unpaired) electrons. The molecule has 0 heterocycles. The summed E-state index contributed by atoms with van der Waals surface area (Å²) in [6, 6.07) is 16.5. The largest absolute Gasteiger partial charge is 0.489 e. The van der Waals surface area contributed by atoms with Crippen LogP contribution in [0.4, 0.5) is 4.79 Å². The zero-order chi connectivity index (χ0) is 23.6. The van der Waals surface area contributed by atoms with Crippen molar-refractivity contribution in [2.45, 2.75) is 64.9 Å². The summed E-state index contributed by atoms with van der Waals surface area (Å²) >= 11 is 0. The maximum absolute atomic E-state index is 12.3. The van der Waals surface area contributed by atoms with Gasteiger partial charge in [-0.1, -0.05) is 42.5 Å². The molecule has 7 nitrogen and oxygen atoms in total. The van der Waals surface area contributed by atoms with E-state index in [1.165, 1.54) is 0 Å². The molecule has 2 N–H and O–H groups in total. The van der Waals surface area contributed by atoms with E-state index in [1.807, 2.05) is 54.6 Å². The Kier molecular flexibility index (Phi) is 9.53. The first kappa shape index (κ1) is 25.2. The van der Waals surface area contributed by atoms with Gasteiger partial charge >= 0.3 is 12.1 Å². The Balaban J connectivity index is 2.02. The number of nitrogens with one attached hydrogen (secondary N) is 1. The topological polar surface area (TPSA) is 94.1 Å². The molecule has 0 aliphatic heterocycles. The second-order valence-electron chi connectivity index (χ2n) is 8.45. The van der Waals surface area contributed by atoms with Gasteiger partial charge in [0.25, 0.3) is 0 Å². The molecule has 0 fully saturated rings. The molecule has 2 atom stereocenters. The number of benzene rings is 2. The summed E-state index contributed by atoms with van der Waals surface area (Å²) in [7, 11) is 0. The molecule has 1 amide bonds. The van der Waals surface area contributed by atoms with Crippen LogP contribution < -0.4 is 10.1 Å². The summed E-state index contributed by atoms with van der Waals surface area (Å²) in [6.45, 7) is 7.64. The first-order chi connectivity index (χ1) is 15.2. The summed E-state index contributed by atoms with van der Waals surface area (Å²) in [5.74, 6) is 0.182. The van der Waals surface area contributed by atoms with Crippen LogP contribution in [0.15, 0.2) is 54.6 Å². The molecule has 0 bridgehead atoms. The van der Waals surface area contributed by atoms with Crippen molar-refractivity contribution in [1.82, 2.24) is 5.32 Å². The third-order valence-corrected chi connectivity index (χ3v) is 4.48. The summed E-state index contributed by atoms with van der Waals surface area (Å²) < 4.78 is 16.0. The number of carbonyl (C=O) groups is 2. The first-order valence-corrected chi connectivity index (χ1v) is 10.7. The number of hydrogen-bond acceptors (Lipinski definition) is 6. The highest BCUT2D eigenvalue weighted by molar-refractivity contribution is 5.71. The van der Waals surface area contributed by atoms with E-state index in [1.54, 1.807) is 27.7 Å². The Morgan fingerprint density at radius 2 is 1.66 bits per heavy atom. The highest BCUT2D eigenvalue weighted by Gasteiger charge is 2.27. The Morgan fingerprint density at radius 3 is 2.25 bits per heavy atom. The number of alkyl carbamates (subject to hydrolysis) is 1. The van der Waals surface area contributed by atoms with E-state index in [9.17, 15) is 14.7 Å². The summed E-state index contributed by atoms with van der Waals surface area (Å²) in [5.41, 5.74) is 1.25. The van der Waals surface area contributed by atoms with Gasteiger partial charge in [-0.25, -0.2) is 4.79 Å². The number of hydrogen-bond donors (Lipinski definition) is 2. The second-order valence-corrected chi connectivity index (χ2v) is 8.45. The molecular formula is C25H33NO6. The highest BCUT2D eigenvalue weighted by Crippen LogP contribution is 2.17. The predicted octanol–water partition coefficient (Wildman–Crippen LogP) is 4.02. The Labute approximate surface area is 189 Å². The third kappa shape index (κ3) is 9.39. The van der Waals surface area contributed by atoms with Crippen LogP contribution in [0.2, 0.25) is 0 Å². The van der Waals surface area contributed by atoms with Gasteiger partial charge in [0.2, 0.25) is 0 Å². The van der Waals surface area contributed by atoms with Gasteiger partial charge in [0, 0.05) is 0 Å².